The van der Waals surface area contributed by atoms with Gasteiger partial charge in [-0.1, -0.05) is 11.2 Å². The molecule has 22 heavy (non-hydrogen) atoms. The lowest BCUT2D eigenvalue weighted by molar-refractivity contribution is -0.130. The van der Waals surface area contributed by atoms with Crippen LogP contribution in [-0.2, 0) is 14.3 Å². The Hall–Kier alpha value is -2.81. The van der Waals surface area contributed by atoms with Gasteiger partial charge in [0.15, 0.2) is 0 Å². The number of hydrogen-bond acceptors (Lipinski definition) is 7. The summed E-state index contributed by atoms with van der Waals surface area (Å²) < 4.78 is 9.90. The van der Waals surface area contributed by atoms with E-state index in [1.165, 1.54) is 0 Å². The van der Waals surface area contributed by atoms with Gasteiger partial charge in [-0.05, 0) is 19.1 Å². The molecule has 0 aromatic carbocycles. The highest BCUT2D eigenvalue weighted by molar-refractivity contribution is 5.79. The Labute approximate surface area is 125 Å². The summed E-state index contributed by atoms with van der Waals surface area (Å²) in [5.41, 5.74) is 5.46. The summed E-state index contributed by atoms with van der Waals surface area (Å²) in [6.45, 7) is 1.09. The van der Waals surface area contributed by atoms with Gasteiger partial charge in [0.25, 0.3) is 0 Å². The summed E-state index contributed by atoms with van der Waals surface area (Å²) in [5, 5.41) is 6.41. The fraction of sp³-hybridized carbons (Fsp3) is 0.308. The van der Waals surface area contributed by atoms with Crippen molar-refractivity contribution >= 4 is 11.8 Å². The number of ether oxygens (including phenoxy) is 1. The van der Waals surface area contributed by atoms with E-state index in [1.54, 1.807) is 31.3 Å². The van der Waals surface area contributed by atoms with Gasteiger partial charge in [-0.25, -0.2) is 0 Å². The highest BCUT2D eigenvalue weighted by Gasteiger charge is 2.17. The largest absolute Gasteiger partial charge is 0.368 e. The van der Waals surface area contributed by atoms with E-state index in [2.05, 4.69) is 20.4 Å². The van der Waals surface area contributed by atoms with E-state index >= 15 is 0 Å². The molecule has 2 aromatic rings. The maximum absolute atomic E-state index is 11.6. The minimum absolute atomic E-state index is 0.240. The van der Waals surface area contributed by atoms with E-state index in [-0.39, 0.29) is 19.1 Å². The smallest absolute Gasteiger partial charge is 0.249 e. The first-order valence-electron chi connectivity index (χ1n) is 6.46. The first-order chi connectivity index (χ1) is 10.6. The van der Waals surface area contributed by atoms with Crippen molar-refractivity contribution < 1.29 is 18.8 Å². The van der Waals surface area contributed by atoms with Crippen LogP contribution in [0.2, 0.25) is 0 Å². The van der Waals surface area contributed by atoms with Crippen LogP contribution in [-0.4, -0.2) is 40.2 Å². The topological polar surface area (TPSA) is 133 Å². The lowest BCUT2D eigenvalue weighted by Crippen LogP contribution is -2.31. The number of carbonyl (C=O) groups is 2. The maximum atomic E-state index is 11.6. The average Bonchev–Trinajstić information content (AvgIpc) is 2.97. The van der Waals surface area contributed by atoms with Crippen LogP contribution in [0, 0.1) is 0 Å². The quantitative estimate of drug-likeness (QED) is 0.724. The van der Waals surface area contributed by atoms with Gasteiger partial charge in [0.05, 0.1) is 0 Å². The Morgan fingerprint density at radius 3 is 2.91 bits per heavy atom. The normalized spacial score (nSPS) is 11.9. The molecule has 0 aliphatic carbocycles. The molecule has 116 valence electrons. The molecular formula is C13H15N5O4. The third-order valence-electron chi connectivity index (χ3n) is 2.56. The predicted molar refractivity (Wildman–Crippen MR) is 74.1 cm³/mol. The second-order valence-corrected chi connectivity index (χ2v) is 4.42. The van der Waals surface area contributed by atoms with E-state index in [1.807, 2.05) is 0 Å². The number of carbonyl (C=O) groups excluding carboxylic acids is 2. The zero-order valence-electron chi connectivity index (χ0n) is 11.9. The summed E-state index contributed by atoms with van der Waals surface area (Å²) in [5.74, 6) is -0.491. The fourth-order valence-corrected chi connectivity index (χ4v) is 1.60. The molecule has 9 heteroatoms. The molecule has 0 saturated heterocycles. The Morgan fingerprint density at radius 2 is 2.23 bits per heavy atom. The van der Waals surface area contributed by atoms with E-state index < -0.39 is 17.9 Å². The highest BCUT2D eigenvalue weighted by atomic mass is 16.5. The zero-order chi connectivity index (χ0) is 15.9. The number of aromatic nitrogens is 3. The summed E-state index contributed by atoms with van der Waals surface area (Å²) in [6, 6.07) is 4.82. The Morgan fingerprint density at radius 1 is 1.41 bits per heavy atom. The van der Waals surface area contributed by atoms with Crippen LogP contribution in [0.5, 0.6) is 0 Å². The van der Waals surface area contributed by atoms with Gasteiger partial charge in [-0.3, -0.25) is 14.6 Å². The second-order valence-electron chi connectivity index (χ2n) is 4.42. The number of nitrogens with two attached hydrogens (primary N) is 1. The molecule has 2 heterocycles. The number of pyridine rings is 1. The van der Waals surface area contributed by atoms with Crippen LogP contribution in [0.1, 0.15) is 18.9 Å². The van der Waals surface area contributed by atoms with Crippen molar-refractivity contribution in [2.75, 3.05) is 13.2 Å². The zero-order valence-corrected chi connectivity index (χ0v) is 11.9. The SMILES string of the molecule is CC(NC(=O)COCC(N)=O)c1nc(-c2ccccn2)no1. The van der Waals surface area contributed by atoms with Gasteiger partial charge in [-0.2, -0.15) is 4.98 Å². The van der Waals surface area contributed by atoms with Crippen LogP contribution in [0.4, 0.5) is 0 Å². The molecule has 0 aliphatic heterocycles. The van der Waals surface area contributed by atoms with E-state index in [4.69, 9.17) is 15.0 Å². The summed E-state index contributed by atoms with van der Waals surface area (Å²) in [4.78, 5) is 30.4. The van der Waals surface area contributed by atoms with Gasteiger partial charge < -0.3 is 20.3 Å². The Balaban J connectivity index is 1.90. The van der Waals surface area contributed by atoms with Crippen LogP contribution >= 0.6 is 0 Å². The van der Waals surface area contributed by atoms with Gasteiger partial charge in [-0.15, -0.1) is 0 Å². The molecule has 9 nitrogen and oxygen atoms in total. The van der Waals surface area contributed by atoms with Crippen molar-refractivity contribution in [1.29, 1.82) is 0 Å². The van der Waals surface area contributed by atoms with E-state index in [9.17, 15) is 9.59 Å². The molecule has 0 radical (unpaired) electrons. The van der Waals surface area contributed by atoms with Crippen molar-refractivity contribution in [3.63, 3.8) is 0 Å². The summed E-state index contributed by atoms with van der Waals surface area (Å²) >= 11 is 0. The second kappa shape index (κ2) is 7.27. The maximum Gasteiger partial charge on any atom is 0.249 e. The number of hydrogen-bond donors (Lipinski definition) is 2. The summed E-state index contributed by atoms with van der Waals surface area (Å²) in [7, 11) is 0. The molecule has 1 atom stereocenters. The molecule has 1 unspecified atom stereocenters. The molecular weight excluding hydrogens is 290 g/mol. The number of nitrogens with one attached hydrogen (secondary N) is 1. The molecule has 2 amide bonds. The van der Waals surface area contributed by atoms with Crippen molar-refractivity contribution in [3.8, 4) is 11.5 Å². The summed E-state index contributed by atoms with van der Waals surface area (Å²) in [6.07, 6.45) is 1.62. The standard InChI is InChI=1S/C13H15N5O4/c1-8(16-11(20)7-21-6-10(14)19)13-17-12(18-22-13)9-4-2-3-5-15-9/h2-5,8H,6-7H2,1H3,(H2,14,19)(H,16,20). The molecule has 0 saturated carbocycles. The molecule has 0 spiro atoms. The Kier molecular flexibility index (Phi) is 5.15. The first-order valence-corrected chi connectivity index (χ1v) is 6.46. The van der Waals surface area contributed by atoms with Crippen molar-refractivity contribution in [1.82, 2.24) is 20.4 Å². The minimum Gasteiger partial charge on any atom is -0.368 e. The number of nitrogens with zero attached hydrogens (tertiary/aromatic N) is 3. The van der Waals surface area contributed by atoms with Gasteiger partial charge in [0.1, 0.15) is 24.9 Å². The monoisotopic (exact) mass is 305 g/mol. The average molecular weight is 305 g/mol. The van der Waals surface area contributed by atoms with Crippen molar-refractivity contribution in [3.05, 3.63) is 30.3 Å². The van der Waals surface area contributed by atoms with Crippen molar-refractivity contribution in [2.24, 2.45) is 5.73 Å². The van der Waals surface area contributed by atoms with Crippen LogP contribution in [0.25, 0.3) is 11.5 Å². The van der Waals surface area contributed by atoms with E-state index in [0.29, 0.717) is 11.5 Å². The predicted octanol–water partition coefficient (Wildman–Crippen LogP) is -0.189. The Bertz CT molecular complexity index is 643. The van der Waals surface area contributed by atoms with Gasteiger partial charge in [0.2, 0.25) is 23.5 Å². The van der Waals surface area contributed by atoms with E-state index in [0.717, 1.165) is 0 Å². The van der Waals surface area contributed by atoms with Crippen molar-refractivity contribution in [2.45, 2.75) is 13.0 Å². The van der Waals surface area contributed by atoms with Gasteiger partial charge >= 0.3 is 0 Å². The van der Waals surface area contributed by atoms with Crippen LogP contribution in [0.3, 0.4) is 0 Å². The van der Waals surface area contributed by atoms with Crippen LogP contribution < -0.4 is 11.1 Å². The lowest BCUT2D eigenvalue weighted by Gasteiger charge is -2.09. The lowest BCUT2D eigenvalue weighted by atomic mass is 10.3. The number of amides is 2. The molecule has 0 fully saturated rings. The molecule has 0 bridgehead atoms. The number of primary amides is 1. The van der Waals surface area contributed by atoms with Crippen LogP contribution in [0.15, 0.2) is 28.9 Å². The first kappa shape index (κ1) is 15.6. The highest BCUT2D eigenvalue weighted by Crippen LogP contribution is 2.16. The molecule has 0 aliphatic rings. The van der Waals surface area contributed by atoms with Gasteiger partial charge in [0, 0.05) is 6.20 Å². The third kappa shape index (κ3) is 4.35. The molecule has 3 N–H and O–H groups in total. The molecule has 2 rings (SSSR count). The minimum atomic E-state index is -0.641. The third-order valence-corrected chi connectivity index (χ3v) is 2.56. The number of rotatable bonds is 7. The fourth-order valence-electron chi connectivity index (χ4n) is 1.60. The molecule has 2 aromatic heterocycles.